The van der Waals surface area contributed by atoms with E-state index in [1.54, 1.807) is 11.8 Å². The van der Waals surface area contributed by atoms with Crippen molar-refractivity contribution < 1.29 is 9.53 Å². The molecule has 0 N–H and O–H groups in total. The lowest BCUT2D eigenvalue weighted by Gasteiger charge is -2.26. The van der Waals surface area contributed by atoms with Gasteiger partial charge in [0.15, 0.2) is 5.69 Å². The van der Waals surface area contributed by atoms with Crippen molar-refractivity contribution in [3.8, 4) is 5.69 Å². The molecule has 0 bridgehead atoms. The molecule has 6 heteroatoms. The van der Waals surface area contributed by atoms with Crippen molar-refractivity contribution in [1.82, 2.24) is 19.9 Å². The summed E-state index contributed by atoms with van der Waals surface area (Å²) < 4.78 is 5.26. The number of carbonyl (C=O) groups excluding carboxylic acids is 1. The van der Waals surface area contributed by atoms with E-state index in [1.165, 1.54) is 4.80 Å². The second-order valence-corrected chi connectivity index (χ2v) is 4.66. The SMILES string of the molecule is Cc1nn(-c2ccccc2)nc1C(=O)N1CCOCC1. The van der Waals surface area contributed by atoms with Crippen molar-refractivity contribution in [1.29, 1.82) is 0 Å². The molecule has 0 spiro atoms. The molecule has 0 radical (unpaired) electrons. The molecule has 104 valence electrons. The molecule has 1 fully saturated rings. The Bertz CT molecular complexity index is 603. The monoisotopic (exact) mass is 272 g/mol. The van der Waals surface area contributed by atoms with Crippen molar-refractivity contribution in [3.05, 3.63) is 41.7 Å². The number of morpholine rings is 1. The Kier molecular flexibility index (Phi) is 3.47. The number of carbonyl (C=O) groups is 1. The Morgan fingerprint density at radius 1 is 1.15 bits per heavy atom. The summed E-state index contributed by atoms with van der Waals surface area (Å²) in [4.78, 5) is 15.7. The number of rotatable bonds is 2. The number of aryl methyl sites for hydroxylation is 1. The van der Waals surface area contributed by atoms with Gasteiger partial charge in [-0.2, -0.15) is 9.90 Å². The Balaban J connectivity index is 1.87. The highest BCUT2D eigenvalue weighted by molar-refractivity contribution is 5.93. The minimum absolute atomic E-state index is 0.0759. The van der Waals surface area contributed by atoms with Crippen LogP contribution in [0.4, 0.5) is 0 Å². The van der Waals surface area contributed by atoms with Crippen LogP contribution in [0.1, 0.15) is 16.2 Å². The molecule has 1 amide bonds. The zero-order valence-corrected chi connectivity index (χ0v) is 11.3. The average Bonchev–Trinajstić information content (AvgIpc) is 2.90. The fourth-order valence-corrected chi connectivity index (χ4v) is 2.17. The summed E-state index contributed by atoms with van der Waals surface area (Å²) >= 11 is 0. The minimum Gasteiger partial charge on any atom is -0.378 e. The molecule has 1 aromatic heterocycles. The van der Waals surface area contributed by atoms with Crippen molar-refractivity contribution >= 4 is 5.91 Å². The zero-order chi connectivity index (χ0) is 13.9. The molecule has 0 saturated carbocycles. The number of hydrogen-bond donors (Lipinski definition) is 0. The molecule has 1 aliphatic rings. The maximum absolute atomic E-state index is 12.4. The molecule has 1 aliphatic heterocycles. The highest BCUT2D eigenvalue weighted by atomic mass is 16.5. The number of para-hydroxylation sites is 1. The van der Waals surface area contributed by atoms with Crippen LogP contribution < -0.4 is 0 Å². The van der Waals surface area contributed by atoms with E-state index in [0.717, 1.165) is 5.69 Å². The lowest BCUT2D eigenvalue weighted by Crippen LogP contribution is -2.41. The third-order valence-electron chi connectivity index (χ3n) is 3.27. The van der Waals surface area contributed by atoms with E-state index in [-0.39, 0.29) is 5.91 Å². The number of nitrogens with zero attached hydrogens (tertiary/aromatic N) is 4. The summed E-state index contributed by atoms with van der Waals surface area (Å²) in [6.45, 7) is 4.18. The standard InChI is InChI=1S/C14H16N4O2/c1-11-13(14(19)17-7-9-20-10-8-17)16-18(15-11)12-5-3-2-4-6-12/h2-6H,7-10H2,1H3. The zero-order valence-electron chi connectivity index (χ0n) is 11.3. The predicted octanol–water partition coefficient (Wildman–Crippen LogP) is 1.05. The van der Waals surface area contributed by atoms with Gasteiger partial charge in [0.05, 0.1) is 24.6 Å². The molecule has 0 unspecified atom stereocenters. The fraction of sp³-hybridized carbons (Fsp3) is 0.357. The van der Waals surface area contributed by atoms with Crippen molar-refractivity contribution in [3.63, 3.8) is 0 Å². The first kappa shape index (κ1) is 12.8. The molecular formula is C14H16N4O2. The first-order valence-corrected chi connectivity index (χ1v) is 6.62. The van der Waals surface area contributed by atoms with E-state index < -0.39 is 0 Å². The van der Waals surface area contributed by atoms with Gasteiger partial charge >= 0.3 is 0 Å². The molecule has 0 atom stereocenters. The highest BCUT2D eigenvalue weighted by Gasteiger charge is 2.23. The Hall–Kier alpha value is -2.21. The van der Waals surface area contributed by atoms with Gasteiger partial charge in [0, 0.05) is 13.1 Å². The van der Waals surface area contributed by atoms with Crippen LogP contribution in [0.25, 0.3) is 5.69 Å². The molecule has 20 heavy (non-hydrogen) atoms. The van der Waals surface area contributed by atoms with Gasteiger partial charge in [0.2, 0.25) is 0 Å². The normalized spacial score (nSPS) is 15.3. The molecule has 2 heterocycles. The number of amides is 1. The van der Waals surface area contributed by atoms with Crippen LogP contribution in [0.5, 0.6) is 0 Å². The average molecular weight is 272 g/mol. The number of benzene rings is 1. The van der Waals surface area contributed by atoms with Crippen LogP contribution in [0.2, 0.25) is 0 Å². The number of hydrogen-bond acceptors (Lipinski definition) is 4. The quantitative estimate of drug-likeness (QED) is 0.820. The lowest BCUT2D eigenvalue weighted by atomic mass is 10.3. The molecule has 0 aliphatic carbocycles. The van der Waals surface area contributed by atoms with E-state index in [2.05, 4.69) is 10.2 Å². The minimum atomic E-state index is -0.0759. The summed E-state index contributed by atoms with van der Waals surface area (Å²) in [7, 11) is 0. The Labute approximate surface area is 117 Å². The van der Waals surface area contributed by atoms with Crippen LogP contribution in [-0.4, -0.2) is 52.1 Å². The van der Waals surface area contributed by atoms with Crippen LogP contribution in [0.15, 0.2) is 30.3 Å². The van der Waals surface area contributed by atoms with Crippen LogP contribution in [-0.2, 0) is 4.74 Å². The third kappa shape index (κ3) is 2.42. The summed E-state index contributed by atoms with van der Waals surface area (Å²) in [6, 6.07) is 9.57. The second-order valence-electron chi connectivity index (χ2n) is 4.66. The molecule has 1 saturated heterocycles. The van der Waals surface area contributed by atoms with Gasteiger partial charge in [-0.05, 0) is 19.1 Å². The Morgan fingerprint density at radius 2 is 1.85 bits per heavy atom. The van der Waals surface area contributed by atoms with E-state index >= 15 is 0 Å². The molecule has 1 aromatic carbocycles. The predicted molar refractivity (Wildman–Crippen MR) is 72.8 cm³/mol. The van der Waals surface area contributed by atoms with Crippen LogP contribution in [0.3, 0.4) is 0 Å². The maximum Gasteiger partial charge on any atom is 0.276 e. The second kappa shape index (κ2) is 5.42. The van der Waals surface area contributed by atoms with Gasteiger partial charge in [0.25, 0.3) is 5.91 Å². The van der Waals surface area contributed by atoms with E-state index in [4.69, 9.17) is 4.74 Å². The molecule has 3 rings (SSSR count). The number of aromatic nitrogens is 3. The first-order chi connectivity index (χ1) is 9.75. The fourth-order valence-electron chi connectivity index (χ4n) is 2.17. The maximum atomic E-state index is 12.4. The smallest absolute Gasteiger partial charge is 0.276 e. The van der Waals surface area contributed by atoms with Gasteiger partial charge in [-0.1, -0.05) is 18.2 Å². The van der Waals surface area contributed by atoms with E-state index in [0.29, 0.717) is 37.7 Å². The molecular weight excluding hydrogens is 256 g/mol. The third-order valence-corrected chi connectivity index (χ3v) is 3.27. The van der Waals surface area contributed by atoms with Gasteiger partial charge in [-0.15, -0.1) is 5.10 Å². The molecule has 2 aromatic rings. The van der Waals surface area contributed by atoms with E-state index in [9.17, 15) is 4.79 Å². The highest BCUT2D eigenvalue weighted by Crippen LogP contribution is 2.11. The summed E-state index contributed by atoms with van der Waals surface area (Å²) in [5.74, 6) is -0.0759. The van der Waals surface area contributed by atoms with Gasteiger partial charge in [0.1, 0.15) is 0 Å². The van der Waals surface area contributed by atoms with Gasteiger partial charge in [-0.25, -0.2) is 0 Å². The van der Waals surface area contributed by atoms with Crippen molar-refractivity contribution in [2.45, 2.75) is 6.92 Å². The number of ether oxygens (including phenoxy) is 1. The summed E-state index contributed by atoms with van der Waals surface area (Å²) in [6.07, 6.45) is 0. The van der Waals surface area contributed by atoms with Gasteiger partial charge in [-0.3, -0.25) is 4.79 Å². The molecule has 6 nitrogen and oxygen atoms in total. The lowest BCUT2D eigenvalue weighted by molar-refractivity contribution is 0.0298. The summed E-state index contributed by atoms with van der Waals surface area (Å²) in [5, 5.41) is 8.65. The van der Waals surface area contributed by atoms with Crippen molar-refractivity contribution in [2.24, 2.45) is 0 Å². The first-order valence-electron chi connectivity index (χ1n) is 6.62. The Morgan fingerprint density at radius 3 is 2.55 bits per heavy atom. The van der Waals surface area contributed by atoms with Crippen molar-refractivity contribution in [2.75, 3.05) is 26.3 Å². The van der Waals surface area contributed by atoms with Crippen LogP contribution in [0, 0.1) is 6.92 Å². The van der Waals surface area contributed by atoms with E-state index in [1.807, 2.05) is 30.3 Å². The van der Waals surface area contributed by atoms with Crippen LogP contribution >= 0.6 is 0 Å². The van der Waals surface area contributed by atoms with Gasteiger partial charge < -0.3 is 9.64 Å². The largest absolute Gasteiger partial charge is 0.378 e. The summed E-state index contributed by atoms with van der Waals surface area (Å²) in [5.41, 5.74) is 1.90. The topological polar surface area (TPSA) is 60.2 Å².